The van der Waals surface area contributed by atoms with Gasteiger partial charge in [0.1, 0.15) is 11.9 Å². The number of aliphatic hydroxyl groups is 1. The highest BCUT2D eigenvalue weighted by atomic mass is 16.5. The molecule has 0 aliphatic carbocycles. The van der Waals surface area contributed by atoms with Crippen LogP contribution in [0.15, 0.2) is 18.2 Å². The molecule has 2 heteroatoms. The SMILES string of the molecule is Cc1ccc2c(c1)OC(CC(C)(C)O)C2. The Hall–Kier alpha value is -1.02. The third-order valence-corrected chi connectivity index (χ3v) is 2.69. The van der Waals surface area contributed by atoms with Crippen LogP contribution in [0, 0.1) is 6.92 Å². The summed E-state index contributed by atoms with van der Waals surface area (Å²) in [5.74, 6) is 0.990. The molecule has 1 aromatic rings. The van der Waals surface area contributed by atoms with Crippen LogP contribution in [0.5, 0.6) is 5.75 Å². The van der Waals surface area contributed by atoms with Gasteiger partial charge in [0.2, 0.25) is 0 Å². The van der Waals surface area contributed by atoms with Gasteiger partial charge in [0, 0.05) is 12.8 Å². The van der Waals surface area contributed by atoms with Crippen molar-refractivity contribution in [1.29, 1.82) is 0 Å². The van der Waals surface area contributed by atoms with Crippen LogP contribution < -0.4 is 4.74 Å². The van der Waals surface area contributed by atoms with Gasteiger partial charge in [-0.25, -0.2) is 0 Å². The van der Waals surface area contributed by atoms with E-state index in [1.807, 2.05) is 13.8 Å². The summed E-state index contributed by atoms with van der Waals surface area (Å²) < 4.78 is 5.80. The van der Waals surface area contributed by atoms with Crippen molar-refractivity contribution in [3.8, 4) is 5.75 Å². The van der Waals surface area contributed by atoms with Crippen molar-refractivity contribution in [3.05, 3.63) is 29.3 Å². The second kappa shape index (κ2) is 3.53. The Kier molecular flexibility index (Phi) is 2.47. The van der Waals surface area contributed by atoms with E-state index in [0.29, 0.717) is 6.42 Å². The molecule has 0 saturated carbocycles. The minimum atomic E-state index is -0.651. The lowest BCUT2D eigenvalue weighted by Crippen LogP contribution is -2.28. The molecule has 1 heterocycles. The predicted molar refractivity (Wildman–Crippen MR) is 60.2 cm³/mol. The fraction of sp³-hybridized carbons (Fsp3) is 0.538. The Morgan fingerprint density at radius 3 is 2.87 bits per heavy atom. The van der Waals surface area contributed by atoms with E-state index in [2.05, 4.69) is 25.1 Å². The van der Waals surface area contributed by atoms with Crippen molar-refractivity contribution < 1.29 is 9.84 Å². The van der Waals surface area contributed by atoms with E-state index in [-0.39, 0.29) is 6.10 Å². The molecule has 0 radical (unpaired) electrons. The first-order chi connectivity index (χ1) is 6.94. The van der Waals surface area contributed by atoms with Gasteiger partial charge in [-0.15, -0.1) is 0 Å². The highest BCUT2D eigenvalue weighted by molar-refractivity contribution is 5.40. The molecule has 1 atom stereocenters. The topological polar surface area (TPSA) is 29.5 Å². The Balaban J connectivity index is 2.09. The maximum atomic E-state index is 9.73. The third kappa shape index (κ3) is 2.51. The van der Waals surface area contributed by atoms with Gasteiger partial charge in [-0.05, 0) is 38.0 Å². The van der Waals surface area contributed by atoms with Crippen LogP contribution in [0.25, 0.3) is 0 Å². The molecule has 1 aliphatic rings. The molecular weight excluding hydrogens is 188 g/mol. The van der Waals surface area contributed by atoms with Crippen molar-refractivity contribution in [1.82, 2.24) is 0 Å². The summed E-state index contributed by atoms with van der Waals surface area (Å²) in [5, 5.41) is 9.73. The normalized spacial score (nSPS) is 19.9. The number of hydrogen-bond acceptors (Lipinski definition) is 2. The number of benzene rings is 1. The average Bonchev–Trinajstić information content (AvgIpc) is 2.42. The van der Waals surface area contributed by atoms with Gasteiger partial charge >= 0.3 is 0 Å². The highest BCUT2D eigenvalue weighted by Crippen LogP contribution is 2.32. The number of aryl methyl sites for hydroxylation is 1. The van der Waals surface area contributed by atoms with Crippen LogP contribution in [0.4, 0.5) is 0 Å². The Labute approximate surface area is 90.9 Å². The molecule has 0 bridgehead atoms. The largest absolute Gasteiger partial charge is 0.490 e. The summed E-state index contributed by atoms with van der Waals surface area (Å²) in [6.07, 6.45) is 1.72. The zero-order valence-electron chi connectivity index (χ0n) is 9.58. The lowest BCUT2D eigenvalue weighted by Gasteiger charge is -2.21. The van der Waals surface area contributed by atoms with E-state index in [1.54, 1.807) is 0 Å². The fourth-order valence-corrected chi connectivity index (χ4v) is 2.08. The quantitative estimate of drug-likeness (QED) is 0.805. The van der Waals surface area contributed by atoms with Crippen LogP contribution >= 0.6 is 0 Å². The molecule has 0 spiro atoms. The molecule has 1 aromatic carbocycles. The van der Waals surface area contributed by atoms with Gasteiger partial charge in [0.15, 0.2) is 0 Å². The average molecular weight is 206 g/mol. The number of ether oxygens (including phenoxy) is 1. The molecule has 2 nitrogen and oxygen atoms in total. The molecule has 82 valence electrons. The number of rotatable bonds is 2. The molecule has 1 N–H and O–H groups in total. The standard InChI is InChI=1S/C13H18O2/c1-9-4-5-10-7-11(8-13(2,3)14)15-12(10)6-9/h4-6,11,14H,7-8H2,1-3H3. The van der Waals surface area contributed by atoms with Gasteiger partial charge in [-0.3, -0.25) is 0 Å². The highest BCUT2D eigenvalue weighted by Gasteiger charge is 2.28. The number of hydrogen-bond donors (Lipinski definition) is 1. The molecule has 1 unspecified atom stereocenters. The maximum absolute atomic E-state index is 9.73. The van der Waals surface area contributed by atoms with Gasteiger partial charge in [0.05, 0.1) is 5.60 Å². The first kappa shape index (κ1) is 10.5. The fourth-order valence-electron chi connectivity index (χ4n) is 2.08. The molecule has 0 fully saturated rings. The molecule has 2 rings (SSSR count). The minimum absolute atomic E-state index is 0.127. The van der Waals surface area contributed by atoms with Crippen LogP contribution in [0.2, 0.25) is 0 Å². The molecule has 0 saturated heterocycles. The Bertz CT molecular complexity index is 363. The van der Waals surface area contributed by atoms with E-state index in [9.17, 15) is 5.11 Å². The maximum Gasteiger partial charge on any atom is 0.123 e. The number of fused-ring (bicyclic) bond motifs is 1. The molecular formula is C13H18O2. The second-order valence-corrected chi connectivity index (χ2v) is 5.07. The zero-order valence-corrected chi connectivity index (χ0v) is 9.58. The third-order valence-electron chi connectivity index (χ3n) is 2.69. The summed E-state index contributed by atoms with van der Waals surface area (Å²) in [6, 6.07) is 6.30. The summed E-state index contributed by atoms with van der Waals surface area (Å²) in [5.41, 5.74) is 1.83. The van der Waals surface area contributed by atoms with Crippen molar-refractivity contribution >= 4 is 0 Å². The van der Waals surface area contributed by atoms with Gasteiger partial charge < -0.3 is 9.84 Å². The lowest BCUT2D eigenvalue weighted by atomic mass is 9.98. The van der Waals surface area contributed by atoms with Crippen molar-refractivity contribution in [3.63, 3.8) is 0 Å². The van der Waals surface area contributed by atoms with Crippen LogP contribution in [-0.2, 0) is 6.42 Å². The van der Waals surface area contributed by atoms with Crippen LogP contribution in [0.1, 0.15) is 31.4 Å². The van der Waals surface area contributed by atoms with E-state index < -0.39 is 5.60 Å². The van der Waals surface area contributed by atoms with Crippen LogP contribution in [-0.4, -0.2) is 16.8 Å². The van der Waals surface area contributed by atoms with Gasteiger partial charge in [-0.2, -0.15) is 0 Å². The molecule has 0 aromatic heterocycles. The van der Waals surface area contributed by atoms with E-state index in [0.717, 1.165) is 12.2 Å². The summed E-state index contributed by atoms with van der Waals surface area (Å²) in [4.78, 5) is 0. The first-order valence-electron chi connectivity index (χ1n) is 5.43. The van der Waals surface area contributed by atoms with E-state index >= 15 is 0 Å². The summed E-state index contributed by atoms with van der Waals surface area (Å²) in [6.45, 7) is 5.71. The lowest BCUT2D eigenvalue weighted by molar-refractivity contribution is 0.0333. The van der Waals surface area contributed by atoms with Gasteiger partial charge in [0.25, 0.3) is 0 Å². The minimum Gasteiger partial charge on any atom is -0.490 e. The summed E-state index contributed by atoms with van der Waals surface area (Å²) in [7, 11) is 0. The van der Waals surface area contributed by atoms with E-state index in [1.165, 1.54) is 11.1 Å². The second-order valence-electron chi connectivity index (χ2n) is 5.07. The van der Waals surface area contributed by atoms with E-state index in [4.69, 9.17) is 4.74 Å². The first-order valence-corrected chi connectivity index (χ1v) is 5.43. The van der Waals surface area contributed by atoms with Crippen molar-refractivity contribution in [2.24, 2.45) is 0 Å². The smallest absolute Gasteiger partial charge is 0.123 e. The Morgan fingerprint density at radius 2 is 2.20 bits per heavy atom. The molecule has 15 heavy (non-hydrogen) atoms. The van der Waals surface area contributed by atoms with Crippen LogP contribution in [0.3, 0.4) is 0 Å². The van der Waals surface area contributed by atoms with Crippen molar-refractivity contribution in [2.45, 2.75) is 45.3 Å². The van der Waals surface area contributed by atoms with Gasteiger partial charge in [-0.1, -0.05) is 12.1 Å². The zero-order chi connectivity index (χ0) is 11.1. The van der Waals surface area contributed by atoms with Crippen molar-refractivity contribution in [2.75, 3.05) is 0 Å². The predicted octanol–water partition coefficient (Wildman–Crippen LogP) is 2.46. The molecule has 0 amide bonds. The Morgan fingerprint density at radius 1 is 1.47 bits per heavy atom. The molecule has 1 aliphatic heterocycles. The summed E-state index contributed by atoms with van der Waals surface area (Å²) >= 11 is 0. The monoisotopic (exact) mass is 206 g/mol.